The minimum Gasteiger partial charge on any atom is -0.469 e. The van der Waals surface area contributed by atoms with Crippen molar-refractivity contribution in [3.8, 4) is 0 Å². The molecule has 0 heterocycles. The highest BCUT2D eigenvalue weighted by atomic mass is 32.2. The zero-order valence-electron chi connectivity index (χ0n) is 11.5. The fourth-order valence-electron chi connectivity index (χ4n) is 2.12. The summed E-state index contributed by atoms with van der Waals surface area (Å²) in [6.45, 7) is 1.76. The third kappa shape index (κ3) is 3.30. The van der Waals surface area contributed by atoms with Crippen LogP contribution in [0.2, 0.25) is 0 Å². The van der Waals surface area contributed by atoms with Crippen LogP contribution in [0.15, 0.2) is 23.1 Å². The van der Waals surface area contributed by atoms with E-state index in [0.29, 0.717) is 12.0 Å². The minimum atomic E-state index is -0.360. The number of nitro groups is 1. The fourth-order valence-corrected chi connectivity index (χ4v) is 3.46. The molecule has 1 fully saturated rings. The van der Waals surface area contributed by atoms with E-state index in [2.05, 4.69) is 0 Å². The Kier molecular flexibility index (Phi) is 4.32. The largest absolute Gasteiger partial charge is 0.469 e. The van der Waals surface area contributed by atoms with E-state index in [4.69, 9.17) is 4.74 Å². The smallest absolute Gasteiger partial charge is 0.306 e. The molecule has 0 N–H and O–H groups in total. The van der Waals surface area contributed by atoms with Gasteiger partial charge in [0.25, 0.3) is 5.69 Å². The highest BCUT2D eigenvalue weighted by Gasteiger charge is 2.44. The van der Waals surface area contributed by atoms with Gasteiger partial charge in [-0.15, -0.1) is 11.8 Å². The van der Waals surface area contributed by atoms with Gasteiger partial charge in [-0.1, -0.05) is 6.07 Å². The third-order valence-electron chi connectivity index (χ3n) is 3.69. The lowest BCUT2D eigenvalue weighted by atomic mass is 10.1. The molecular formula is C14H17NO4S. The molecule has 0 atom stereocenters. The molecule has 108 valence electrons. The number of hydrogen-bond donors (Lipinski definition) is 0. The predicted octanol–water partition coefficient (Wildman–Crippen LogP) is 3.34. The number of ether oxygens (including phenoxy) is 1. The SMILES string of the molecule is COC(=O)CC1(CSc2cccc([N+](=O)[O-])c2C)CC1. The number of thioether (sulfide) groups is 1. The van der Waals surface area contributed by atoms with Crippen molar-refractivity contribution in [2.24, 2.45) is 5.41 Å². The van der Waals surface area contributed by atoms with E-state index in [9.17, 15) is 14.9 Å². The number of nitrogens with zero attached hydrogens (tertiary/aromatic N) is 1. The molecule has 0 spiro atoms. The molecule has 5 nitrogen and oxygen atoms in total. The van der Waals surface area contributed by atoms with E-state index in [1.165, 1.54) is 13.2 Å². The lowest BCUT2D eigenvalue weighted by Crippen LogP contribution is -2.13. The number of hydrogen-bond acceptors (Lipinski definition) is 5. The first-order valence-corrected chi connectivity index (χ1v) is 7.40. The summed E-state index contributed by atoms with van der Waals surface area (Å²) >= 11 is 1.59. The minimum absolute atomic E-state index is 0.0226. The molecule has 0 saturated heterocycles. The number of carbonyl (C=O) groups is 1. The summed E-state index contributed by atoms with van der Waals surface area (Å²) < 4.78 is 4.71. The quantitative estimate of drug-likeness (QED) is 0.348. The molecule has 0 bridgehead atoms. The van der Waals surface area contributed by atoms with Crippen LogP contribution in [0, 0.1) is 22.5 Å². The summed E-state index contributed by atoms with van der Waals surface area (Å²) in [6.07, 6.45) is 2.47. The first-order valence-electron chi connectivity index (χ1n) is 6.41. The Morgan fingerprint density at radius 2 is 2.20 bits per heavy atom. The average molecular weight is 295 g/mol. The molecule has 0 aromatic heterocycles. The van der Waals surface area contributed by atoms with Gasteiger partial charge in [0.2, 0.25) is 0 Å². The second-order valence-corrected chi connectivity index (χ2v) is 6.22. The topological polar surface area (TPSA) is 69.4 Å². The van der Waals surface area contributed by atoms with Gasteiger partial charge in [0.05, 0.1) is 18.5 Å². The molecule has 0 radical (unpaired) electrons. The second-order valence-electron chi connectivity index (χ2n) is 5.20. The van der Waals surface area contributed by atoms with E-state index in [1.54, 1.807) is 24.8 Å². The van der Waals surface area contributed by atoms with Crippen molar-refractivity contribution in [3.05, 3.63) is 33.9 Å². The number of rotatable bonds is 6. The fraction of sp³-hybridized carbons (Fsp3) is 0.500. The Labute approximate surface area is 121 Å². The van der Waals surface area contributed by atoms with Crippen molar-refractivity contribution in [3.63, 3.8) is 0 Å². The number of carbonyl (C=O) groups excluding carboxylic acids is 1. The maximum atomic E-state index is 11.4. The van der Waals surface area contributed by atoms with Crippen LogP contribution in [-0.2, 0) is 9.53 Å². The Balaban J connectivity index is 2.03. The highest BCUT2D eigenvalue weighted by molar-refractivity contribution is 7.99. The maximum Gasteiger partial charge on any atom is 0.306 e. The van der Waals surface area contributed by atoms with Crippen molar-refractivity contribution in [2.45, 2.75) is 31.1 Å². The van der Waals surface area contributed by atoms with Crippen molar-refractivity contribution in [2.75, 3.05) is 12.9 Å². The van der Waals surface area contributed by atoms with Crippen LogP contribution in [0.25, 0.3) is 0 Å². The van der Waals surface area contributed by atoms with Crippen LogP contribution in [0.4, 0.5) is 5.69 Å². The molecular weight excluding hydrogens is 278 g/mol. The Bertz CT molecular complexity index is 540. The van der Waals surface area contributed by atoms with Crippen LogP contribution in [0.1, 0.15) is 24.8 Å². The Morgan fingerprint density at radius 1 is 1.50 bits per heavy atom. The Hall–Kier alpha value is -1.56. The van der Waals surface area contributed by atoms with Crippen LogP contribution in [0.5, 0.6) is 0 Å². The summed E-state index contributed by atoms with van der Waals surface area (Å²) in [7, 11) is 1.40. The molecule has 20 heavy (non-hydrogen) atoms. The summed E-state index contributed by atoms with van der Waals surface area (Å²) in [5.74, 6) is 0.614. The molecule has 0 unspecified atom stereocenters. The summed E-state index contributed by atoms with van der Waals surface area (Å²) in [5.41, 5.74) is 0.860. The number of nitro benzene ring substituents is 1. The lowest BCUT2D eigenvalue weighted by Gasteiger charge is -2.14. The zero-order valence-corrected chi connectivity index (χ0v) is 12.4. The first-order chi connectivity index (χ1) is 9.47. The van der Waals surface area contributed by atoms with Crippen LogP contribution < -0.4 is 0 Å². The molecule has 1 aromatic carbocycles. The lowest BCUT2D eigenvalue weighted by molar-refractivity contribution is -0.385. The maximum absolute atomic E-state index is 11.4. The molecule has 2 rings (SSSR count). The zero-order chi connectivity index (χ0) is 14.8. The van der Waals surface area contributed by atoms with Gasteiger partial charge in [-0.3, -0.25) is 14.9 Å². The van der Waals surface area contributed by atoms with Gasteiger partial charge in [-0.05, 0) is 31.2 Å². The van der Waals surface area contributed by atoms with E-state index >= 15 is 0 Å². The van der Waals surface area contributed by atoms with Gasteiger partial charge < -0.3 is 4.74 Å². The molecule has 6 heteroatoms. The Morgan fingerprint density at radius 3 is 2.75 bits per heavy atom. The summed E-state index contributed by atoms with van der Waals surface area (Å²) in [4.78, 5) is 22.8. The molecule has 1 aliphatic rings. The standard InChI is InChI=1S/C14H17NO4S/c1-10-11(15(17)18)4-3-5-12(10)20-9-14(6-7-14)8-13(16)19-2/h3-5H,6-9H2,1-2H3. The van der Waals surface area contributed by atoms with Crippen molar-refractivity contribution < 1.29 is 14.5 Å². The predicted molar refractivity (Wildman–Crippen MR) is 76.9 cm³/mol. The van der Waals surface area contributed by atoms with E-state index in [0.717, 1.165) is 23.5 Å². The van der Waals surface area contributed by atoms with Gasteiger partial charge in [-0.2, -0.15) is 0 Å². The van der Waals surface area contributed by atoms with Crippen LogP contribution in [0.3, 0.4) is 0 Å². The average Bonchev–Trinajstić information content (AvgIpc) is 3.17. The molecule has 1 aromatic rings. The van der Waals surface area contributed by atoms with Crippen molar-refractivity contribution in [1.29, 1.82) is 0 Å². The van der Waals surface area contributed by atoms with Crippen LogP contribution >= 0.6 is 11.8 Å². The van der Waals surface area contributed by atoms with E-state index in [-0.39, 0.29) is 22.0 Å². The van der Waals surface area contributed by atoms with Gasteiger partial charge in [0, 0.05) is 22.3 Å². The number of esters is 1. The van der Waals surface area contributed by atoms with Gasteiger partial charge >= 0.3 is 5.97 Å². The normalized spacial score (nSPS) is 15.7. The van der Waals surface area contributed by atoms with Gasteiger partial charge in [-0.25, -0.2) is 0 Å². The van der Waals surface area contributed by atoms with E-state index in [1.807, 2.05) is 6.07 Å². The molecule has 0 aliphatic heterocycles. The highest BCUT2D eigenvalue weighted by Crippen LogP contribution is 2.52. The summed E-state index contributed by atoms with van der Waals surface area (Å²) in [6, 6.07) is 5.11. The molecule has 1 saturated carbocycles. The van der Waals surface area contributed by atoms with Crippen LogP contribution in [-0.4, -0.2) is 23.8 Å². The molecule has 1 aliphatic carbocycles. The molecule has 0 amide bonds. The van der Waals surface area contributed by atoms with Gasteiger partial charge in [0.1, 0.15) is 0 Å². The summed E-state index contributed by atoms with van der Waals surface area (Å²) in [5, 5.41) is 10.9. The van der Waals surface area contributed by atoms with Crippen molar-refractivity contribution >= 4 is 23.4 Å². The van der Waals surface area contributed by atoms with Gasteiger partial charge in [0.15, 0.2) is 0 Å². The number of benzene rings is 1. The second kappa shape index (κ2) is 5.83. The number of methoxy groups -OCH3 is 1. The third-order valence-corrected chi connectivity index (χ3v) is 5.20. The first kappa shape index (κ1) is 14.8. The monoisotopic (exact) mass is 295 g/mol. The van der Waals surface area contributed by atoms with Crippen molar-refractivity contribution in [1.82, 2.24) is 0 Å². The van der Waals surface area contributed by atoms with E-state index < -0.39 is 0 Å².